The molecule has 0 N–H and O–H groups in total. The van der Waals surface area contributed by atoms with Gasteiger partial charge in [0.15, 0.2) is 5.82 Å². The predicted molar refractivity (Wildman–Crippen MR) is 57.6 cm³/mol. The molecule has 0 aliphatic heterocycles. The van der Waals surface area contributed by atoms with Crippen molar-refractivity contribution in [2.24, 2.45) is 7.05 Å². The Morgan fingerprint density at radius 1 is 1.43 bits per heavy atom. The monoisotopic (exact) mass is 304 g/mol. The standard InChI is InChI=1S/C7H9IN6/c1-5-3-6(8)10-14(5)4-7-9-12-13(2)11-7/h3H,4H2,1-2H3. The van der Waals surface area contributed by atoms with Crippen molar-refractivity contribution in [3.05, 3.63) is 21.3 Å². The van der Waals surface area contributed by atoms with Gasteiger partial charge in [-0.25, -0.2) is 0 Å². The maximum Gasteiger partial charge on any atom is 0.196 e. The van der Waals surface area contributed by atoms with E-state index in [1.54, 1.807) is 7.05 Å². The highest BCUT2D eigenvalue weighted by atomic mass is 127. The second-order valence-electron chi connectivity index (χ2n) is 2.96. The van der Waals surface area contributed by atoms with E-state index in [1.807, 2.05) is 17.7 Å². The molecule has 2 heterocycles. The average Bonchev–Trinajstić information content (AvgIpc) is 2.61. The summed E-state index contributed by atoms with van der Waals surface area (Å²) in [5.74, 6) is 0.676. The molecule has 0 aliphatic rings. The minimum atomic E-state index is 0.572. The SMILES string of the molecule is Cc1cc(I)nn1Cc1nnn(C)n1. The van der Waals surface area contributed by atoms with Crippen molar-refractivity contribution in [3.8, 4) is 0 Å². The summed E-state index contributed by atoms with van der Waals surface area (Å²) in [6, 6.07) is 2.01. The molecule has 0 aliphatic carbocycles. The maximum absolute atomic E-state index is 4.30. The van der Waals surface area contributed by atoms with E-state index >= 15 is 0 Å². The smallest absolute Gasteiger partial charge is 0.196 e. The molecule has 14 heavy (non-hydrogen) atoms. The number of hydrogen-bond donors (Lipinski definition) is 0. The number of aryl methyl sites for hydroxylation is 2. The van der Waals surface area contributed by atoms with Crippen LogP contribution in [0.2, 0.25) is 0 Å². The lowest BCUT2D eigenvalue weighted by Gasteiger charge is -1.98. The highest BCUT2D eigenvalue weighted by Crippen LogP contribution is 2.06. The van der Waals surface area contributed by atoms with Gasteiger partial charge >= 0.3 is 0 Å². The zero-order valence-corrected chi connectivity index (χ0v) is 10.0. The highest BCUT2D eigenvalue weighted by Gasteiger charge is 2.05. The molecule has 6 nitrogen and oxygen atoms in total. The van der Waals surface area contributed by atoms with Gasteiger partial charge in [-0.05, 0) is 40.8 Å². The lowest BCUT2D eigenvalue weighted by Crippen LogP contribution is -2.06. The minimum Gasteiger partial charge on any atom is -0.261 e. The molecule has 2 aromatic rings. The summed E-state index contributed by atoms with van der Waals surface area (Å²) < 4.78 is 2.84. The van der Waals surface area contributed by atoms with E-state index in [1.165, 1.54) is 4.80 Å². The van der Waals surface area contributed by atoms with Crippen molar-refractivity contribution < 1.29 is 0 Å². The first-order chi connectivity index (χ1) is 6.65. The van der Waals surface area contributed by atoms with Crippen molar-refractivity contribution in [3.63, 3.8) is 0 Å². The first kappa shape index (κ1) is 9.56. The summed E-state index contributed by atoms with van der Waals surface area (Å²) in [4.78, 5) is 1.44. The number of aromatic nitrogens is 6. The van der Waals surface area contributed by atoms with Crippen molar-refractivity contribution >= 4 is 22.6 Å². The molecule has 0 bridgehead atoms. The third-order valence-electron chi connectivity index (χ3n) is 1.79. The second kappa shape index (κ2) is 3.64. The number of nitrogens with zero attached hydrogens (tertiary/aromatic N) is 6. The Labute approximate surface area is 94.4 Å². The van der Waals surface area contributed by atoms with Crippen LogP contribution in [0, 0.1) is 10.6 Å². The van der Waals surface area contributed by atoms with E-state index in [4.69, 9.17) is 0 Å². The van der Waals surface area contributed by atoms with Gasteiger partial charge in [0, 0.05) is 5.69 Å². The zero-order chi connectivity index (χ0) is 10.1. The molecule has 2 aromatic heterocycles. The lowest BCUT2D eigenvalue weighted by atomic mass is 10.5. The molecule has 7 heteroatoms. The molecule has 0 atom stereocenters. The van der Waals surface area contributed by atoms with Crippen LogP contribution >= 0.6 is 22.6 Å². The second-order valence-corrected chi connectivity index (χ2v) is 4.07. The first-order valence-electron chi connectivity index (χ1n) is 4.08. The van der Waals surface area contributed by atoms with Crippen LogP contribution in [-0.2, 0) is 13.6 Å². The van der Waals surface area contributed by atoms with Gasteiger partial charge in [0.1, 0.15) is 10.2 Å². The van der Waals surface area contributed by atoms with E-state index in [0.29, 0.717) is 12.4 Å². The van der Waals surface area contributed by atoms with Gasteiger partial charge in [0.25, 0.3) is 0 Å². The number of rotatable bonds is 2. The predicted octanol–water partition coefficient (Wildman–Crippen LogP) is 0.368. The highest BCUT2D eigenvalue weighted by molar-refractivity contribution is 14.1. The number of hydrogen-bond acceptors (Lipinski definition) is 4. The topological polar surface area (TPSA) is 61.4 Å². The summed E-state index contributed by atoms with van der Waals surface area (Å²) in [6.07, 6.45) is 0. The normalized spacial score (nSPS) is 10.8. The van der Waals surface area contributed by atoms with E-state index in [-0.39, 0.29) is 0 Å². The average molecular weight is 304 g/mol. The van der Waals surface area contributed by atoms with Crippen LogP contribution in [0.4, 0.5) is 0 Å². The van der Waals surface area contributed by atoms with Crippen molar-refractivity contribution in [2.45, 2.75) is 13.5 Å². The van der Waals surface area contributed by atoms with Gasteiger partial charge in [-0.3, -0.25) is 4.68 Å². The Morgan fingerprint density at radius 3 is 2.71 bits per heavy atom. The Morgan fingerprint density at radius 2 is 2.21 bits per heavy atom. The first-order valence-corrected chi connectivity index (χ1v) is 5.16. The Balaban J connectivity index is 2.22. The minimum absolute atomic E-state index is 0.572. The van der Waals surface area contributed by atoms with Crippen molar-refractivity contribution in [1.29, 1.82) is 0 Å². The van der Waals surface area contributed by atoms with Crippen LogP contribution in [0.15, 0.2) is 6.07 Å². The van der Waals surface area contributed by atoms with Gasteiger partial charge in [-0.15, -0.1) is 10.2 Å². The van der Waals surface area contributed by atoms with Crippen LogP contribution < -0.4 is 0 Å². The van der Waals surface area contributed by atoms with Crippen LogP contribution in [0.3, 0.4) is 0 Å². The van der Waals surface area contributed by atoms with Crippen LogP contribution in [0.5, 0.6) is 0 Å². The molecule has 0 fully saturated rings. The van der Waals surface area contributed by atoms with E-state index < -0.39 is 0 Å². The molecule has 0 aromatic carbocycles. The van der Waals surface area contributed by atoms with E-state index in [9.17, 15) is 0 Å². The van der Waals surface area contributed by atoms with Gasteiger partial charge in [-0.1, -0.05) is 0 Å². The fraction of sp³-hybridized carbons (Fsp3) is 0.429. The third kappa shape index (κ3) is 1.91. The third-order valence-corrected chi connectivity index (χ3v) is 2.32. The quantitative estimate of drug-likeness (QED) is 0.752. The molecule has 0 saturated carbocycles. The summed E-state index contributed by atoms with van der Waals surface area (Å²) >= 11 is 2.18. The molecule has 0 spiro atoms. The van der Waals surface area contributed by atoms with Gasteiger partial charge in [0.05, 0.1) is 7.05 Å². The summed E-state index contributed by atoms with van der Waals surface area (Å²) in [5, 5.41) is 16.1. The molecular formula is C7H9IN6. The van der Waals surface area contributed by atoms with Crippen molar-refractivity contribution in [2.75, 3.05) is 0 Å². The Hall–Kier alpha value is -0.990. The van der Waals surface area contributed by atoms with Crippen LogP contribution in [0.1, 0.15) is 11.5 Å². The van der Waals surface area contributed by atoms with E-state index in [0.717, 1.165) is 9.39 Å². The maximum atomic E-state index is 4.30. The molecule has 74 valence electrons. The molecule has 0 unspecified atom stereocenters. The molecular weight excluding hydrogens is 295 g/mol. The van der Waals surface area contributed by atoms with Gasteiger partial charge in [0.2, 0.25) is 0 Å². The van der Waals surface area contributed by atoms with Crippen LogP contribution in [-0.4, -0.2) is 30.0 Å². The fourth-order valence-electron chi connectivity index (χ4n) is 1.15. The largest absolute Gasteiger partial charge is 0.261 e. The van der Waals surface area contributed by atoms with Crippen LogP contribution in [0.25, 0.3) is 0 Å². The molecule has 0 amide bonds. The Kier molecular flexibility index (Phi) is 2.48. The Bertz CT molecular complexity index is 445. The number of tetrazole rings is 1. The number of halogens is 1. The molecule has 0 saturated heterocycles. The summed E-state index contributed by atoms with van der Waals surface area (Å²) in [7, 11) is 1.75. The van der Waals surface area contributed by atoms with E-state index in [2.05, 4.69) is 43.1 Å². The molecule has 2 rings (SSSR count). The van der Waals surface area contributed by atoms with Gasteiger partial charge in [-0.2, -0.15) is 9.90 Å². The summed E-state index contributed by atoms with van der Waals surface area (Å²) in [5.41, 5.74) is 1.10. The zero-order valence-electron chi connectivity index (χ0n) is 7.85. The fourth-order valence-corrected chi connectivity index (χ4v) is 1.86. The lowest BCUT2D eigenvalue weighted by molar-refractivity contribution is 0.610. The molecule has 0 radical (unpaired) electrons. The summed E-state index contributed by atoms with van der Waals surface area (Å²) in [6.45, 7) is 2.58. The van der Waals surface area contributed by atoms with Gasteiger partial charge < -0.3 is 0 Å². The van der Waals surface area contributed by atoms with Crippen molar-refractivity contribution in [1.82, 2.24) is 30.0 Å².